The monoisotopic (exact) mass is 391 g/mol. The zero-order chi connectivity index (χ0) is 18.5. The van der Waals surface area contributed by atoms with Crippen molar-refractivity contribution in [3.05, 3.63) is 64.4 Å². The number of aliphatic imine (C=N–C) groups is 1. The molecule has 0 aliphatic rings. The first-order valence-corrected chi connectivity index (χ1v) is 8.74. The van der Waals surface area contributed by atoms with Gasteiger partial charge in [0, 0.05) is 25.5 Å². The highest BCUT2D eigenvalue weighted by Crippen LogP contribution is 2.24. The van der Waals surface area contributed by atoms with E-state index in [1.165, 1.54) is 0 Å². The van der Waals surface area contributed by atoms with Gasteiger partial charge in [-0.05, 0) is 18.2 Å². The normalized spacial score (nSPS) is 11.6. The van der Waals surface area contributed by atoms with E-state index < -0.39 is 0 Å². The lowest BCUT2D eigenvalue weighted by Gasteiger charge is -2.13. The Labute approximate surface area is 161 Å². The summed E-state index contributed by atoms with van der Waals surface area (Å²) in [6, 6.07) is 11.8. The van der Waals surface area contributed by atoms with E-state index in [4.69, 9.17) is 23.2 Å². The molecule has 2 heterocycles. The van der Waals surface area contributed by atoms with Gasteiger partial charge in [-0.15, -0.1) is 10.2 Å². The number of halogens is 2. The molecule has 9 heteroatoms. The van der Waals surface area contributed by atoms with Gasteiger partial charge in [0.05, 0.1) is 18.1 Å². The van der Waals surface area contributed by atoms with Crippen LogP contribution in [0.25, 0.3) is 5.69 Å². The fourth-order valence-corrected chi connectivity index (χ4v) is 2.92. The standard InChI is InChI=1S/C17H19Cl2N7/c1-20-17(21-9-13-8-14(18)16(19)25(13)2)22-10-15-24-23-11-26(15)12-6-4-3-5-7-12/h3-8,11H,9-10H2,1-2H3,(H2,20,21,22). The number of para-hydroxylation sites is 1. The smallest absolute Gasteiger partial charge is 0.191 e. The second kappa shape index (κ2) is 8.25. The van der Waals surface area contributed by atoms with Gasteiger partial charge < -0.3 is 15.2 Å². The average molecular weight is 392 g/mol. The number of hydrogen-bond acceptors (Lipinski definition) is 3. The Morgan fingerprint density at radius 3 is 2.54 bits per heavy atom. The Morgan fingerprint density at radius 1 is 1.15 bits per heavy atom. The predicted octanol–water partition coefficient (Wildman–Crippen LogP) is 2.78. The lowest BCUT2D eigenvalue weighted by atomic mass is 10.3. The minimum atomic E-state index is 0.475. The molecule has 0 bridgehead atoms. The van der Waals surface area contributed by atoms with E-state index in [0.29, 0.717) is 29.2 Å². The average Bonchev–Trinajstić information content (AvgIpc) is 3.23. The SMILES string of the molecule is CN=C(NCc1nncn1-c1ccccc1)NCc1cc(Cl)c(Cl)n1C. The molecule has 0 atom stereocenters. The van der Waals surface area contributed by atoms with Crippen LogP contribution in [-0.4, -0.2) is 32.3 Å². The number of rotatable bonds is 5. The van der Waals surface area contributed by atoms with Gasteiger partial charge in [-0.3, -0.25) is 9.56 Å². The van der Waals surface area contributed by atoms with Gasteiger partial charge in [0.15, 0.2) is 11.8 Å². The molecule has 0 saturated heterocycles. The summed E-state index contributed by atoms with van der Waals surface area (Å²) in [5.41, 5.74) is 1.96. The van der Waals surface area contributed by atoms with E-state index in [-0.39, 0.29) is 0 Å². The van der Waals surface area contributed by atoms with Crippen LogP contribution in [0, 0.1) is 0 Å². The van der Waals surface area contributed by atoms with E-state index in [1.807, 2.05) is 52.6 Å². The van der Waals surface area contributed by atoms with Crippen LogP contribution in [0.2, 0.25) is 10.2 Å². The molecule has 0 unspecified atom stereocenters. The van der Waals surface area contributed by atoms with E-state index >= 15 is 0 Å². The number of guanidine groups is 1. The number of aromatic nitrogens is 4. The second-order valence-corrected chi connectivity index (χ2v) is 6.33. The van der Waals surface area contributed by atoms with Gasteiger partial charge in [-0.1, -0.05) is 41.4 Å². The van der Waals surface area contributed by atoms with Gasteiger partial charge in [0.1, 0.15) is 11.5 Å². The van der Waals surface area contributed by atoms with Crippen LogP contribution in [0.15, 0.2) is 47.7 Å². The Balaban J connectivity index is 1.62. The first kappa shape index (κ1) is 18.3. The van der Waals surface area contributed by atoms with Crippen LogP contribution in [0.3, 0.4) is 0 Å². The molecule has 136 valence electrons. The molecule has 2 aromatic heterocycles. The highest BCUT2D eigenvalue weighted by molar-refractivity contribution is 6.41. The highest BCUT2D eigenvalue weighted by atomic mass is 35.5. The topological polar surface area (TPSA) is 72.1 Å². The maximum atomic E-state index is 6.09. The summed E-state index contributed by atoms with van der Waals surface area (Å²) in [7, 11) is 3.58. The summed E-state index contributed by atoms with van der Waals surface area (Å²) in [6.07, 6.45) is 1.69. The van der Waals surface area contributed by atoms with E-state index in [2.05, 4.69) is 25.8 Å². The minimum absolute atomic E-state index is 0.475. The summed E-state index contributed by atoms with van der Waals surface area (Å²) in [5, 5.41) is 15.7. The Kier molecular flexibility index (Phi) is 5.80. The number of benzene rings is 1. The zero-order valence-corrected chi connectivity index (χ0v) is 16.0. The molecule has 0 radical (unpaired) electrons. The lowest BCUT2D eigenvalue weighted by Crippen LogP contribution is -2.37. The van der Waals surface area contributed by atoms with Crippen LogP contribution in [0.5, 0.6) is 0 Å². The molecule has 7 nitrogen and oxygen atoms in total. The Bertz CT molecular complexity index is 899. The number of nitrogens with one attached hydrogen (secondary N) is 2. The van der Waals surface area contributed by atoms with Crippen molar-refractivity contribution in [2.45, 2.75) is 13.1 Å². The molecule has 2 N–H and O–H groups in total. The van der Waals surface area contributed by atoms with E-state index in [0.717, 1.165) is 17.2 Å². The molecule has 0 aliphatic heterocycles. The van der Waals surface area contributed by atoms with Crippen LogP contribution in [-0.2, 0) is 20.1 Å². The van der Waals surface area contributed by atoms with E-state index in [9.17, 15) is 0 Å². The van der Waals surface area contributed by atoms with Gasteiger partial charge in [0.2, 0.25) is 0 Å². The van der Waals surface area contributed by atoms with Gasteiger partial charge in [0.25, 0.3) is 0 Å². The molecule has 1 aromatic carbocycles. The number of nitrogens with zero attached hydrogens (tertiary/aromatic N) is 5. The molecular formula is C17H19Cl2N7. The summed E-state index contributed by atoms with van der Waals surface area (Å²) in [5.74, 6) is 1.42. The lowest BCUT2D eigenvalue weighted by molar-refractivity contribution is 0.729. The molecule has 0 spiro atoms. The summed E-state index contributed by atoms with van der Waals surface area (Å²) >= 11 is 12.1. The molecular weight excluding hydrogens is 373 g/mol. The van der Waals surface area contributed by atoms with Crippen molar-refractivity contribution in [2.75, 3.05) is 7.05 Å². The molecule has 0 saturated carbocycles. The van der Waals surface area contributed by atoms with Crippen molar-refractivity contribution in [3.8, 4) is 5.69 Å². The van der Waals surface area contributed by atoms with Crippen molar-refractivity contribution in [2.24, 2.45) is 12.0 Å². The largest absolute Gasteiger partial charge is 0.351 e. The Morgan fingerprint density at radius 2 is 1.88 bits per heavy atom. The quantitative estimate of drug-likeness (QED) is 0.518. The van der Waals surface area contributed by atoms with Crippen LogP contribution < -0.4 is 10.6 Å². The van der Waals surface area contributed by atoms with Crippen LogP contribution in [0.4, 0.5) is 0 Å². The Hall–Kier alpha value is -2.51. The third-order valence-corrected chi connectivity index (χ3v) is 4.78. The van der Waals surface area contributed by atoms with Gasteiger partial charge in [-0.25, -0.2) is 0 Å². The molecule has 3 rings (SSSR count). The third-order valence-electron chi connectivity index (χ3n) is 3.94. The molecule has 26 heavy (non-hydrogen) atoms. The second-order valence-electron chi connectivity index (χ2n) is 5.57. The fraction of sp³-hybridized carbons (Fsp3) is 0.235. The zero-order valence-electron chi connectivity index (χ0n) is 14.4. The van der Waals surface area contributed by atoms with Crippen molar-refractivity contribution in [1.82, 2.24) is 30.0 Å². The first-order valence-electron chi connectivity index (χ1n) is 7.98. The van der Waals surface area contributed by atoms with Crippen LogP contribution >= 0.6 is 23.2 Å². The first-order chi connectivity index (χ1) is 12.6. The van der Waals surface area contributed by atoms with Crippen molar-refractivity contribution < 1.29 is 0 Å². The molecule has 0 aliphatic carbocycles. The van der Waals surface area contributed by atoms with Crippen molar-refractivity contribution in [3.63, 3.8) is 0 Å². The molecule has 0 fully saturated rings. The summed E-state index contributed by atoms with van der Waals surface area (Å²) in [6.45, 7) is 1.01. The van der Waals surface area contributed by atoms with Crippen molar-refractivity contribution >= 4 is 29.2 Å². The highest BCUT2D eigenvalue weighted by Gasteiger charge is 2.10. The summed E-state index contributed by atoms with van der Waals surface area (Å²) in [4.78, 5) is 4.23. The van der Waals surface area contributed by atoms with Gasteiger partial charge in [-0.2, -0.15) is 0 Å². The maximum Gasteiger partial charge on any atom is 0.191 e. The summed E-state index contributed by atoms with van der Waals surface area (Å²) < 4.78 is 3.76. The maximum absolute atomic E-state index is 6.09. The van der Waals surface area contributed by atoms with Crippen LogP contribution in [0.1, 0.15) is 11.5 Å². The van der Waals surface area contributed by atoms with Gasteiger partial charge >= 0.3 is 0 Å². The van der Waals surface area contributed by atoms with E-state index in [1.54, 1.807) is 13.4 Å². The molecule has 0 amide bonds. The third kappa shape index (κ3) is 4.00. The fourth-order valence-electron chi connectivity index (χ4n) is 2.50. The van der Waals surface area contributed by atoms with Crippen molar-refractivity contribution in [1.29, 1.82) is 0 Å². The predicted molar refractivity (Wildman–Crippen MR) is 104 cm³/mol. The number of hydrogen-bond donors (Lipinski definition) is 2. The molecule has 3 aromatic rings. The minimum Gasteiger partial charge on any atom is -0.351 e.